The summed E-state index contributed by atoms with van der Waals surface area (Å²) in [4.78, 5) is 11.6. The summed E-state index contributed by atoms with van der Waals surface area (Å²) in [7, 11) is 0. The molecule has 0 atom stereocenters. The van der Waals surface area contributed by atoms with Crippen LogP contribution in [0, 0.1) is 3.57 Å². The van der Waals surface area contributed by atoms with Gasteiger partial charge in [0.15, 0.2) is 5.78 Å². The molecule has 0 aliphatic heterocycles. The first-order chi connectivity index (χ1) is 6.75. The van der Waals surface area contributed by atoms with E-state index in [4.69, 9.17) is 4.74 Å². The van der Waals surface area contributed by atoms with Crippen molar-refractivity contribution >= 4 is 28.4 Å². The van der Waals surface area contributed by atoms with Crippen molar-refractivity contribution in [2.45, 2.75) is 13.3 Å². The predicted molar refractivity (Wildman–Crippen MR) is 64.6 cm³/mol. The molecule has 0 bridgehead atoms. The molecule has 1 aromatic carbocycles. The number of benzene rings is 1. The maximum atomic E-state index is 11.6. The van der Waals surface area contributed by atoms with Crippen LogP contribution in [0.5, 0.6) is 0 Å². The minimum atomic E-state index is 0.0588. The van der Waals surface area contributed by atoms with E-state index in [0.29, 0.717) is 6.61 Å². The van der Waals surface area contributed by atoms with E-state index in [0.717, 1.165) is 15.6 Å². The molecule has 0 aromatic heterocycles. The van der Waals surface area contributed by atoms with Gasteiger partial charge >= 0.3 is 0 Å². The van der Waals surface area contributed by atoms with Crippen LogP contribution in [0.3, 0.4) is 0 Å². The van der Waals surface area contributed by atoms with Gasteiger partial charge in [-0.25, -0.2) is 0 Å². The van der Waals surface area contributed by atoms with Gasteiger partial charge in [0.2, 0.25) is 0 Å². The van der Waals surface area contributed by atoms with Crippen molar-refractivity contribution in [1.82, 2.24) is 0 Å². The van der Waals surface area contributed by atoms with Crippen molar-refractivity contribution in [2.24, 2.45) is 0 Å². The quantitative estimate of drug-likeness (QED) is 0.475. The Morgan fingerprint density at radius 3 is 2.79 bits per heavy atom. The summed E-state index contributed by atoms with van der Waals surface area (Å²) in [6.07, 6.45) is 0.944. The van der Waals surface area contributed by atoms with E-state index >= 15 is 0 Å². The first-order valence-corrected chi connectivity index (χ1v) is 5.69. The standard InChI is InChI=1S/C11H13IO2/c1-2-7-14-8-11(13)9-5-3-4-6-10(9)12/h3-6H,2,7-8H2,1H3. The number of hydrogen-bond donors (Lipinski definition) is 0. The van der Waals surface area contributed by atoms with Gasteiger partial charge in [0.1, 0.15) is 6.61 Å². The maximum Gasteiger partial charge on any atom is 0.189 e. The van der Waals surface area contributed by atoms with E-state index in [1.165, 1.54) is 0 Å². The highest BCUT2D eigenvalue weighted by molar-refractivity contribution is 14.1. The number of carbonyl (C=O) groups excluding carboxylic acids is 1. The lowest BCUT2D eigenvalue weighted by atomic mass is 10.1. The van der Waals surface area contributed by atoms with Crippen LogP contribution in [0.2, 0.25) is 0 Å². The molecule has 1 aromatic rings. The molecule has 0 spiro atoms. The van der Waals surface area contributed by atoms with Crippen molar-refractivity contribution < 1.29 is 9.53 Å². The van der Waals surface area contributed by atoms with Crippen LogP contribution in [0.15, 0.2) is 24.3 Å². The Morgan fingerprint density at radius 1 is 1.43 bits per heavy atom. The van der Waals surface area contributed by atoms with Gasteiger partial charge in [-0.2, -0.15) is 0 Å². The van der Waals surface area contributed by atoms with Crippen LogP contribution in [-0.4, -0.2) is 19.0 Å². The number of hydrogen-bond acceptors (Lipinski definition) is 2. The summed E-state index contributed by atoms with van der Waals surface area (Å²) in [5, 5.41) is 0. The van der Waals surface area contributed by atoms with E-state index in [2.05, 4.69) is 22.6 Å². The number of ketones is 1. The van der Waals surface area contributed by atoms with Crippen LogP contribution in [0.1, 0.15) is 23.7 Å². The Morgan fingerprint density at radius 2 is 2.14 bits per heavy atom. The molecule has 0 aliphatic carbocycles. The van der Waals surface area contributed by atoms with Crippen LogP contribution in [0.25, 0.3) is 0 Å². The van der Waals surface area contributed by atoms with Gasteiger partial charge in [-0.05, 0) is 35.1 Å². The fraction of sp³-hybridized carbons (Fsp3) is 0.364. The van der Waals surface area contributed by atoms with Gasteiger partial charge in [-0.15, -0.1) is 0 Å². The fourth-order valence-corrected chi connectivity index (χ4v) is 1.76. The van der Waals surface area contributed by atoms with Crippen molar-refractivity contribution in [3.8, 4) is 0 Å². The van der Waals surface area contributed by atoms with E-state index in [1.54, 1.807) is 0 Å². The first kappa shape index (κ1) is 11.7. The third-order valence-electron chi connectivity index (χ3n) is 1.76. The minimum absolute atomic E-state index is 0.0588. The summed E-state index contributed by atoms with van der Waals surface area (Å²) in [5.41, 5.74) is 0.754. The zero-order valence-corrected chi connectivity index (χ0v) is 10.3. The Hall–Kier alpha value is -0.420. The lowest BCUT2D eigenvalue weighted by molar-refractivity contribution is 0.0760. The summed E-state index contributed by atoms with van der Waals surface area (Å²) >= 11 is 2.16. The zero-order chi connectivity index (χ0) is 10.4. The summed E-state index contributed by atoms with van der Waals surface area (Å²) in [5.74, 6) is 0.0588. The molecule has 0 fully saturated rings. The first-order valence-electron chi connectivity index (χ1n) is 4.61. The lowest BCUT2D eigenvalue weighted by Gasteiger charge is -2.03. The second-order valence-electron chi connectivity index (χ2n) is 2.96. The zero-order valence-electron chi connectivity index (χ0n) is 8.13. The van der Waals surface area contributed by atoms with Crippen molar-refractivity contribution in [3.05, 3.63) is 33.4 Å². The molecule has 14 heavy (non-hydrogen) atoms. The number of halogens is 1. The van der Waals surface area contributed by atoms with Crippen molar-refractivity contribution in [2.75, 3.05) is 13.2 Å². The average Bonchev–Trinajstić information content (AvgIpc) is 2.18. The number of Topliss-reactive ketones (excluding diaryl/α,β-unsaturated/α-hetero) is 1. The fourth-order valence-electron chi connectivity index (χ4n) is 1.07. The highest BCUT2D eigenvalue weighted by atomic mass is 127. The topological polar surface area (TPSA) is 26.3 Å². The molecule has 76 valence electrons. The second kappa shape index (κ2) is 6.14. The normalized spacial score (nSPS) is 10.1. The summed E-state index contributed by atoms with van der Waals surface area (Å²) < 4.78 is 6.18. The van der Waals surface area contributed by atoms with Crippen molar-refractivity contribution in [1.29, 1.82) is 0 Å². The van der Waals surface area contributed by atoms with Gasteiger partial charge in [-0.3, -0.25) is 4.79 Å². The van der Waals surface area contributed by atoms with E-state index in [-0.39, 0.29) is 12.4 Å². The Kier molecular flexibility index (Phi) is 5.11. The molecule has 0 saturated carbocycles. The van der Waals surface area contributed by atoms with Crippen LogP contribution in [-0.2, 0) is 4.74 Å². The molecule has 0 heterocycles. The molecule has 1 rings (SSSR count). The minimum Gasteiger partial charge on any atom is -0.373 e. The summed E-state index contributed by atoms with van der Waals surface area (Å²) in [6, 6.07) is 7.55. The van der Waals surface area contributed by atoms with Gasteiger partial charge in [0.05, 0.1) is 0 Å². The molecule has 0 saturated heterocycles. The van der Waals surface area contributed by atoms with Crippen LogP contribution in [0.4, 0.5) is 0 Å². The predicted octanol–water partition coefficient (Wildman–Crippen LogP) is 2.90. The average molecular weight is 304 g/mol. The van der Waals surface area contributed by atoms with Crippen LogP contribution >= 0.6 is 22.6 Å². The smallest absolute Gasteiger partial charge is 0.189 e. The lowest BCUT2D eigenvalue weighted by Crippen LogP contribution is -2.10. The van der Waals surface area contributed by atoms with Gasteiger partial charge < -0.3 is 4.74 Å². The molecule has 0 amide bonds. The monoisotopic (exact) mass is 304 g/mol. The molecular formula is C11H13IO2. The highest BCUT2D eigenvalue weighted by Gasteiger charge is 2.08. The molecule has 0 radical (unpaired) electrons. The van der Waals surface area contributed by atoms with Crippen LogP contribution < -0.4 is 0 Å². The molecule has 2 nitrogen and oxygen atoms in total. The molecular weight excluding hydrogens is 291 g/mol. The Balaban J connectivity index is 2.56. The number of ether oxygens (including phenoxy) is 1. The summed E-state index contributed by atoms with van der Waals surface area (Å²) in [6.45, 7) is 2.86. The molecule has 0 N–H and O–H groups in total. The Labute approximate surface area is 97.8 Å². The molecule has 0 aliphatic rings. The highest BCUT2D eigenvalue weighted by Crippen LogP contribution is 2.12. The Bertz CT molecular complexity index is 310. The number of carbonyl (C=O) groups is 1. The van der Waals surface area contributed by atoms with Gasteiger partial charge in [0.25, 0.3) is 0 Å². The maximum absolute atomic E-state index is 11.6. The van der Waals surface area contributed by atoms with Gasteiger partial charge in [-0.1, -0.05) is 25.1 Å². The van der Waals surface area contributed by atoms with Gasteiger partial charge in [0, 0.05) is 15.7 Å². The van der Waals surface area contributed by atoms with E-state index in [1.807, 2.05) is 31.2 Å². The van der Waals surface area contributed by atoms with Crippen molar-refractivity contribution in [3.63, 3.8) is 0 Å². The molecule has 0 unspecified atom stereocenters. The van der Waals surface area contributed by atoms with E-state index in [9.17, 15) is 4.79 Å². The third-order valence-corrected chi connectivity index (χ3v) is 2.70. The third kappa shape index (κ3) is 3.38. The van der Waals surface area contributed by atoms with E-state index < -0.39 is 0 Å². The number of rotatable bonds is 5. The SMILES string of the molecule is CCCOCC(=O)c1ccccc1I. The largest absolute Gasteiger partial charge is 0.373 e. The molecule has 3 heteroatoms. The second-order valence-corrected chi connectivity index (χ2v) is 4.12.